The molecule has 0 radical (unpaired) electrons. The van der Waals surface area contributed by atoms with Crippen LogP contribution in [-0.2, 0) is 0 Å². The zero-order valence-corrected chi connectivity index (χ0v) is 12.5. The van der Waals surface area contributed by atoms with E-state index in [0.29, 0.717) is 12.1 Å². The molecule has 108 valence electrons. The smallest absolute Gasteiger partial charge is 0.0478 e. The summed E-state index contributed by atoms with van der Waals surface area (Å²) in [5, 5.41) is 0. The molecular formula is C18H26N2. The number of fused-ring (bicyclic) bond motifs is 1. The topological polar surface area (TPSA) is 6.48 Å². The van der Waals surface area contributed by atoms with Crippen molar-refractivity contribution in [2.75, 3.05) is 19.6 Å². The highest BCUT2D eigenvalue weighted by molar-refractivity contribution is 5.21. The second kappa shape index (κ2) is 6.11. The second-order valence-corrected chi connectivity index (χ2v) is 6.29. The Balaban J connectivity index is 1.84. The summed E-state index contributed by atoms with van der Waals surface area (Å²) in [6.45, 7) is 9.97. The average Bonchev–Trinajstić information content (AvgIpc) is 2.94. The van der Waals surface area contributed by atoms with E-state index in [1.807, 2.05) is 0 Å². The Bertz CT molecular complexity index is 442. The van der Waals surface area contributed by atoms with Gasteiger partial charge in [0.05, 0.1) is 0 Å². The molecule has 0 N–H and O–H groups in total. The molecule has 2 fully saturated rings. The summed E-state index contributed by atoms with van der Waals surface area (Å²) >= 11 is 0. The normalized spacial score (nSPS) is 29.1. The first-order valence-corrected chi connectivity index (χ1v) is 7.95. The first kappa shape index (κ1) is 13.8. The van der Waals surface area contributed by atoms with Crippen molar-refractivity contribution < 1.29 is 0 Å². The van der Waals surface area contributed by atoms with Gasteiger partial charge in [0.15, 0.2) is 0 Å². The number of piperazine rings is 1. The van der Waals surface area contributed by atoms with Gasteiger partial charge in [-0.15, -0.1) is 6.58 Å². The van der Waals surface area contributed by atoms with Gasteiger partial charge in [0.2, 0.25) is 0 Å². The summed E-state index contributed by atoms with van der Waals surface area (Å²) < 4.78 is 0. The molecular weight excluding hydrogens is 244 g/mol. The Labute approximate surface area is 123 Å². The van der Waals surface area contributed by atoms with Crippen molar-refractivity contribution in [2.45, 2.75) is 44.3 Å². The van der Waals surface area contributed by atoms with Crippen molar-refractivity contribution >= 4 is 0 Å². The second-order valence-electron chi connectivity index (χ2n) is 6.29. The molecule has 2 heterocycles. The molecule has 0 amide bonds. The van der Waals surface area contributed by atoms with E-state index in [0.717, 1.165) is 12.5 Å². The Kier molecular flexibility index (Phi) is 4.23. The van der Waals surface area contributed by atoms with Crippen LogP contribution in [0, 0.1) is 0 Å². The van der Waals surface area contributed by atoms with Crippen LogP contribution in [0.15, 0.2) is 43.0 Å². The van der Waals surface area contributed by atoms with Gasteiger partial charge in [-0.1, -0.05) is 36.4 Å². The molecule has 0 spiro atoms. The lowest BCUT2D eigenvalue weighted by atomic mass is 9.97. The van der Waals surface area contributed by atoms with Gasteiger partial charge in [-0.2, -0.15) is 0 Å². The van der Waals surface area contributed by atoms with Gasteiger partial charge >= 0.3 is 0 Å². The van der Waals surface area contributed by atoms with Crippen molar-refractivity contribution in [3.63, 3.8) is 0 Å². The minimum Gasteiger partial charge on any atom is -0.297 e. The standard InChI is InChI=1S/C18H26N2/c1-3-8-15(2)20-13-17-11-7-12-19(17)14-18(20)16-9-5-4-6-10-16/h3-6,9-10,15,17-18H,1,7-8,11-14H2,2H3. The third kappa shape index (κ3) is 2.68. The number of rotatable bonds is 4. The molecule has 2 heteroatoms. The number of benzene rings is 1. The van der Waals surface area contributed by atoms with Gasteiger partial charge in [-0.25, -0.2) is 0 Å². The molecule has 1 aromatic carbocycles. The maximum absolute atomic E-state index is 3.92. The summed E-state index contributed by atoms with van der Waals surface area (Å²) in [5.41, 5.74) is 1.47. The summed E-state index contributed by atoms with van der Waals surface area (Å²) in [7, 11) is 0. The quantitative estimate of drug-likeness (QED) is 0.773. The number of hydrogen-bond acceptors (Lipinski definition) is 2. The molecule has 3 atom stereocenters. The fraction of sp³-hybridized carbons (Fsp3) is 0.556. The Morgan fingerprint density at radius 1 is 1.30 bits per heavy atom. The third-order valence-electron chi connectivity index (χ3n) is 4.99. The Morgan fingerprint density at radius 2 is 2.10 bits per heavy atom. The van der Waals surface area contributed by atoms with Gasteiger partial charge in [-0.3, -0.25) is 9.80 Å². The maximum atomic E-state index is 3.92. The summed E-state index contributed by atoms with van der Waals surface area (Å²) in [6.07, 6.45) is 5.89. The SMILES string of the molecule is C=CCC(C)N1CC2CCCN2CC1c1ccccc1. The first-order valence-electron chi connectivity index (χ1n) is 7.95. The van der Waals surface area contributed by atoms with Crippen LogP contribution in [0.25, 0.3) is 0 Å². The van der Waals surface area contributed by atoms with Gasteiger partial charge < -0.3 is 0 Å². The molecule has 2 nitrogen and oxygen atoms in total. The van der Waals surface area contributed by atoms with E-state index in [1.165, 1.54) is 38.0 Å². The zero-order chi connectivity index (χ0) is 13.9. The molecule has 0 bridgehead atoms. The summed E-state index contributed by atoms with van der Waals surface area (Å²) in [5.74, 6) is 0. The highest BCUT2D eigenvalue weighted by Gasteiger charge is 2.38. The van der Waals surface area contributed by atoms with Crippen LogP contribution in [-0.4, -0.2) is 41.5 Å². The van der Waals surface area contributed by atoms with Crippen LogP contribution in [0.4, 0.5) is 0 Å². The highest BCUT2D eigenvalue weighted by atomic mass is 15.3. The molecule has 3 rings (SSSR count). The van der Waals surface area contributed by atoms with E-state index < -0.39 is 0 Å². The van der Waals surface area contributed by atoms with E-state index in [1.54, 1.807) is 0 Å². The minimum atomic E-state index is 0.542. The van der Waals surface area contributed by atoms with Crippen molar-refractivity contribution in [3.05, 3.63) is 48.6 Å². The molecule has 1 aromatic rings. The molecule has 2 saturated heterocycles. The van der Waals surface area contributed by atoms with E-state index in [2.05, 4.69) is 59.7 Å². The third-order valence-corrected chi connectivity index (χ3v) is 4.99. The van der Waals surface area contributed by atoms with Crippen molar-refractivity contribution in [3.8, 4) is 0 Å². The van der Waals surface area contributed by atoms with Gasteiger partial charge in [0.1, 0.15) is 0 Å². The van der Waals surface area contributed by atoms with Crippen LogP contribution in [0.5, 0.6) is 0 Å². The van der Waals surface area contributed by atoms with E-state index in [9.17, 15) is 0 Å². The fourth-order valence-electron chi connectivity index (χ4n) is 3.88. The van der Waals surface area contributed by atoms with Gasteiger partial charge in [0, 0.05) is 31.2 Å². The molecule has 0 aliphatic carbocycles. The molecule has 2 aliphatic rings. The minimum absolute atomic E-state index is 0.542. The predicted molar refractivity (Wildman–Crippen MR) is 84.8 cm³/mol. The lowest BCUT2D eigenvalue weighted by Gasteiger charge is -2.46. The van der Waals surface area contributed by atoms with Crippen molar-refractivity contribution in [1.29, 1.82) is 0 Å². The van der Waals surface area contributed by atoms with E-state index in [-0.39, 0.29) is 0 Å². The van der Waals surface area contributed by atoms with Crippen LogP contribution < -0.4 is 0 Å². The predicted octanol–water partition coefficient (Wildman–Crippen LogP) is 3.47. The molecule has 0 aromatic heterocycles. The highest BCUT2D eigenvalue weighted by Crippen LogP contribution is 2.34. The molecule has 3 unspecified atom stereocenters. The van der Waals surface area contributed by atoms with Gasteiger partial charge in [0.25, 0.3) is 0 Å². The van der Waals surface area contributed by atoms with E-state index in [4.69, 9.17) is 0 Å². The van der Waals surface area contributed by atoms with Crippen molar-refractivity contribution in [2.24, 2.45) is 0 Å². The van der Waals surface area contributed by atoms with Crippen LogP contribution in [0.2, 0.25) is 0 Å². The zero-order valence-electron chi connectivity index (χ0n) is 12.5. The molecule has 20 heavy (non-hydrogen) atoms. The maximum Gasteiger partial charge on any atom is 0.0478 e. The average molecular weight is 270 g/mol. The lowest BCUT2D eigenvalue weighted by Crippen LogP contribution is -2.54. The Morgan fingerprint density at radius 3 is 2.85 bits per heavy atom. The van der Waals surface area contributed by atoms with Crippen molar-refractivity contribution in [1.82, 2.24) is 9.80 Å². The van der Waals surface area contributed by atoms with Crippen LogP contribution in [0.3, 0.4) is 0 Å². The summed E-state index contributed by atoms with van der Waals surface area (Å²) in [4.78, 5) is 5.41. The monoisotopic (exact) mass is 270 g/mol. The molecule has 2 aliphatic heterocycles. The lowest BCUT2D eigenvalue weighted by molar-refractivity contribution is 0.0248. The number of hydrogen-bond donors (Lipinski definition) is 0. The largest absolute Gasteiger partial charge is 0.297 e. The summed E-state index contributed by atoms with van der Waals surface area (Å²) in [6, 6.07) is 12.9. The van der Waals surface area contributed by atoms with Crippen LogP contribution >= 0.6 is 0 Å². The van der Waals surface area contributed by atoms with Gasteiger partial charge in [-0.05, 0) is 38.3 Å². The van der Waals surface area contributed by atoms with E-state index >= 15 is 0 Å². The fourth-order valence-corrected chi connectivity index (χ4v) is 3.88. The first-order chi connectivity index (χ1) is 9.79. The molecule has 0 saturated carbocycles. The Hall–Kier alpha value is -1.12. The van der Waals surface area contributed by atoms with Crippen LogP contribution in [0.1, 0.15) is 37.8 Å². The number of nitrogens with zero attached hydrogens (tertiary/aromatic N) is 2.